The number of nitrogens with one attached hydrogen (secondary N) is 2. The fraction of sp³-hybridized carbons (Fsp3) is 0.333. The topological polar surface area (TPSA) is 166 Å². The summed E-state index contributed by atoms with van der Waals surface area (Å²) in [5.41, 5.74) is 0.821. The van der Waals surface area contributed by atoms with E-state index in [4.69, 9.17) is 26.6 Å². The lowest BCUT2D eigenvalue weighted by atomic mass is 10.2. The number of pyridine rings is 1. The summed E-state index contributed by atoms with van der Waals surface area (Å²) in [5, 5.41) is 22.7. The average Bonchev–Trinajstić information content (AvgIpc) is 3.40. The summed E-state index contributed by atoms with van der Waals surface area (Å²) in [6.45, 7) is 0.180. The predicted octanol–water partition coefficient (Wildman–Crippen LogP) is 2.53. The van der Waals surface area contributed by atoms with E-state index in [2.05, 4.69) is 15.6 Å². The first-order valence-corrected chi connectivity index (χ1v) is 13.3. The van der Waals surface area contributed by atoms with E-state index < -0.39 is 45.3 Å². The quantitative estimate of drug-likeness (QED) is 0.319. The molecule has 0 aliphatic carbocycles. The lowest BCUT2D eigenvalue weighted by molar-refractivity contribution is -0.192. The Bertz CT molecular complexity index is 1270. The zero-order valence-corrected chi connectivity index (χ0v) is 21.7. The molecule has 1 amide bonds. The number of sulfone groups is 1. The largest absolute Gasteiger partial charge is 0.490 e. The number of thiophene rings is 1. The first-order chi connectivity index (χ1) is 17.7. The number of carbonyl (C=O) groups excluding carboxylic acids is 1. The van der Waals surface area contributed by atoms with Gasteiger partial charge in [-0.05, 0) is 30.3 Å². The molecule has 0 spiro atoms. The fourth-order valence-corrected chi connectivity index (χ4v) is 5.84. The number of alkyl halides is 3. The van der Waals surface area contributed by atoms with Gasteiger partial charge in [0.1, 0.15) is 0 Å². The molecule has 0 saturated carbocycles. The number of halogens is 4. The molecule has 0 radical (unpaired) electrons. The molecule has 38 heavy (non-hydrogen) atoms. The van der Waals surface area contributed by atoms with Gasteiger partial charge in [0.2, 0.25) is 4.87 Å². The third kappa shape index (κ3) is 8.41. The van der Waals surface area contributed by atoms with Crippen LogP contribution in [0, 0.1) is 0 Å². The van der Waals surface area contributed by atoms with Gasteiger partial charge in [-0.3, -0.25) is 19.9 Å². The predicted molar refractivity (Wildman–Crippen MR) is 133 cm³/mol. The number of amides is 1. The second kappa shape index (κ2) is 13.0. The van der Waals surface area contributed by atoms with Crippen LogP contribution < -0.4 is 10.6 Å². The fourth-order valence-electron chi connectivity index (χ4n) is 3.21. The minimum Gasteiger partial charge on any atom is -0.480 e. The number of nitrogens with zero attached hydrogens (tertiary/aromatic N) is 2. The molecule has 1 unspecified atom stereocenters. The molecule has 1 fully saturated rings. The molecule has 0 aromatic carbocycles. The summed E-state index contributed by atoms with van der Waals surface area (Å²) in [5.74, 6) is -4.68. The summed E-state index contributed by atoms with van der Waals surface area (Å²) < 4.78 is 58.6. The SMILES string of the molecule is O=C(O)C(F)(F)F.O=C(O)CNC1(S(=O)(=O)C=Cc2ccc(Cl)s2)CCN(CCNc2ccncc2)C1=O. The molecule has 4 N–H and O–H groups in total. The van der Waals surface area contributed by atoms with E-state index in [-0.39, 0.29) is 19.5 Å². The van der Waals surface area contributed by atoms with Crippen LogP contribution in [-0.4, -0.2) is 83.6 Å². The van der Waals surface area contributed by atoms with Crippen LogP contribution in [0.25, 0.3) is 6.08 Å². The molecular formula is C21H22ClF3N4O7S2. The van der Waals surface area contributed by atoms with Gasteiger partial charge in [0.25, 0.3) is 5.91 Å². The first kappa shape index (κ1) is 31.0. The lowest BCUT2D eigenvalue weighted by Gasteiger charge is -2.27. The van der Waals surface area contributed by atoms with Crippen LogP contribution in [0.1, 0.15) is 11.3 Å². The van der Waals surface area contributed by atoms with Gasteiger partial charge < -0.3 is 20.4 Å². The molecule has 1 aliphatic heterocycles. The van der Waals surface area contributed by atoms with Crippen LogP contribution >= 0.6 is 22.9 Å². The molecule has 1 atom stereocenters. The van der Waals surface area contributed by atoms with Crippen LogP contribution in [0.3, 0.4) is 0 Å². The highest BCUT2D eigenvalue weighted by atomic mass is 35.5. The molecule has 17 heteroatoms. The number of hydrogen-bond acceptors (Lipinski definition) is 9. The Balaban J connectivity index is 0.000000638. The second-order valence-corrected chi connectivity index (χ2v) is 11.4. The molecule has 2 aromatic heterocycles. The van der Waals surface area contributed by atoms with Crippen molar-refractivity contribution in [1.29, 1.82) is 0 Å². The normalized spacial score (nSPS) is 17.8. The number of carboxylic acid groups (broad SMARTS) is 2. The maximum absolute atomic E-state index is 13.2. The number of carbonyl (C=O) groups is 3. The maximum atomic E-state index is 13.2. The van der Waals surface area contributed by atoms with E-state index in [1.807, 2.05) is 0 Å². The highest BCUT2D eigenvalue weighted by Gasteiger charge is 2.55. The van der Waals surface area contributed by atoms with Gasteiger partial charge in [0, 0.05) is 54.4 Å². The zero-order chi connectivity index (χ0) is 28.6. The van der Waals surface area contributed by atoms with Gasteiger partial charge in [-0.1, -0.05) is 11.6 Å². The Kier molecular flexibility index (Phi) is 10.6. The second-order valence-electron chi connectivity index (χ2n) is 7.57. The van der Waals surface area contributed by atoms with Crippen molar-refractivity contribution in [2.45, 2.75) is 17.5 Å². The van der Waals surface area contributed by atoms with Crippen LogP contribution in [0.5, 0.6) is 0 Å². The number of rotatable bonds is 10. The first-order valence-electron chi connectivity index (χ1n) is 10.6. The highest BCUT2D eigenvalue weighted by molar-refractivity contribution is 7.96. The van der Waals surface area contributed by atoms with Gasteiger partial charge >= 0.3 is 18.1 Å². The number of hydrogen-bond donors (Lipinski definition) is 4. The van der Waals surface area contributed by atoms with Crippen LogP contribution in [0.2, 0.25) is 4.34 Å². The smallest absolute Gasteiger partial charge is 0.480 e. The van der Waals surface area contributed by atoms with Gasteiger partial charge in [0.15, 0.2) is 9.84 Å². The number of aliphatic carboxylic acids is 2. The summed E-state index contributed by atoms with van der Waals surface area (Å²) in [7, 11) is -4.18. The monoisotopic (exact) mass is 598 g/mol. The molecule has 2 aromatic rings. The third-order valence-corrected chi connectivity index (χ3v) is 8.20. The molecule has 11 nitrogen and oxygen atoms in total. The van der Waals surface area contributed by atoms with Crippen molar-refractivity contribution < 1.29 is 46.2 Å². The Morgan fingerprint density at radius 3 is 2.37 bits per heavy atom. The Hall–Kier alpha value is -3.21. The summed E-state index contributed by atoms with van der Waals surface area (Å²) in [6, 6.07) is 6.84. The summed E-state index contributed by atoms with van der Waals surface area (Å²) in [6.07, 6.45) is -0.531. The standard InChI is InChI=1S/C19H21ClN4O5S2.C2HF3O2/c20-16-2-1-15(30-16)5-12-31(28,29)19(23-13-17(25)26)6-10-24(18(19)27)11-9-22-14-3-7-21-8-4-14;3-2(4,5)1(6)7/h1-5,7-8,12,23H,6,9-11,13H2,(H,21,22)(H,25,26);(H,6,7). The molecule has 208 valence electrons. The van der Waals surface area contributed by atoms with Crippen molar-refractivity contribution in [3.8, 4) is 0 Å². The molecule has 1 saturated heterocycles. The minimum absolute atomic E-state index is 0.0633. The van der Waals surface area contributed by atoms with E-state index in [1.54, 1.807) is 36.7 Å². The summed E-state index contributed by atoms with van der Waals surface area (Å²) >= 11 is 7.06. The van der Waals surface area contributed by atoms with E-state index in [0.717, 1.165) is 11.1 Å². The van der Waals surface area contributed by atoms with Gasteiger partial charge in [-0.2, -0.15) is 13.2 Å². The van der Waals surface area contributed by atoms with Crippen molar-refractivity contribution in [2.24, 2.45) is 0 Å². The molecular weight excluding hydrogens is 577 g/mol. The molecule has 0 bridgehead atoms. The number of anilines is 1. The van der Waals surface area contributed by atoms with Crippen molar-refractivity contribution in [3.05, 3.63) is 51.3 Å². The van der Waals surface area contributed by atoms with Crippen LogP contribution in [0.15, 0.2) is 42.1 Å². The van der Waals surface area contributed by atoms with Crippen molar-refractivity contribution in [2.75, 3.05) is 31.5 Å². The minimum atomic E-state index is -5.08. The Morgan fingerprint density at radius 1 is 1.21 bits per heavy atom. The van der Waals surface area contributed by atoms with E-state index in [9.17, 15) is 31.2 Å². The Morgan fingerprint density at radius 2 is 1.84 bits per heavy atom. The Labute approximate surface area is 223 Å². The number of likely N-dealkylation sites (tertiary alicyclic amines) is 1. The lowest BCUT2D eigenvalue weighted by Crippen LogP contribution is -2.58. The van der Waals surface area contributed by atoms with Crippen molar-refractivity contribution in [1.82, 2.24) is 15.2 Å². The van der Waals surface area contributed by atoms with Crippen molar-refractivity contribution >= 4 is 62.4 Å². The van der Waals surface area contributed by atoms with Crippen LogP contribution in [0.4, 0.5) is 18.9 Å². The third-order valence-electron chi connectivity index (χ3n) is 5.02. The zero-order valence-electron chi connectivity index (χ0n) is 19.3. The maximum Gasteiger partial charge on any atom is 0.490 e. The number of aromatic nitrogens is 1. The molecule has 1 aliphatic rings. The van der Waals surface area contributed by atoms with Gasteiger partial charge in [0.05, 0.1) is 10.9 Å². The van der Waals surface area contributed by atoms with E-state index >= 15 is 0 Å². The van der Waals surface area contributed by atoms with E-state index in [0.29, 0.717) is 15.8 Å². The molecule has 3 rings (SSSR count). The van der Waals surface area contributed by atoms with E-state index in [1.165, 1.54) is 22.3 Å². The van der Waals surface area contributed by atoms with Gasteiger partial charge in [-0.15, -0.1) is 11.3 Å². The van der Waals surface area contributed by atoms with Gasteiger partial charge in [-0.25, -0.2) is 13.2 Å². The highest BCUT2D eigenvalue weighted by Crippen LogP contribution is 2.31. The van der Waals surface area contributed by atoms with Crippen molar-refractivity contribution in [3.63, 3.8) is 0 Å². The molecule has 3 heterocycles. The number of carboxylic acids is 2. The average molecular weight is 599 g/mol. The van der Waals surface area contributed by atoms with Crippen LogP contribution in [-0.2, 0) is 24.2 Å². The summed E-state index contributed by atoms with van der Waals surface area (Å²) in [4.78, 5) is 37.0.